The second-order valence-corrected chi connectivity index (χ2v) is 4.29. The third kappa shape index (κ3) is 2.33. The Morgan fingerprint density at radius 2 is 2.44 bits per heavy atom. The van der Waals surface area contributed by atoms with E-state index in [1.165, 1.54) is 0 Å². The predicted octanol–water partition coefficient (Wildman–Crippen LogP) is 0.976. The number of anilines is 1. The second kappa shape index (κ2) is 4.80. The SMILES string of the molecule is Cc1cc(N2CC(CO)OCC2C)ccn1. The lowest BCUT2D eigenvalue weighted by Gasteiger charge is -2.39. The molecule has 0 bridgehead atoms. The minimum atomic E-state index is -0.0790. The van der Waals surface area contributed by atoms with Gasteiger partial charge in [-0.1, -0.05) is 0 Å². The molecule has 16 heavy (non-hydrogen) atoms. The van der Waals surface area contributed by atoms with Crippen LogP contribution in [0.1, 0.15) is 12.6 Å². The second-order valence-electron chi connectivity index (χ2n) is 4.29. The summed E-state index contributed by atoms with van der Waals surface area (Å²) < 4.78 is 5.51. The Kier molecular flexibility index (Phi) is 3.41. The van der Waals surface area contributed by atoms with Crippen molar-refractivity contribution in [1.82, 2.24) is 4.98 Å². The summed E-state index contributed by atoms with van der Waals surface area (Å²) in [5.41, 5.74) is 2.17. The van der Waals surface area contributed by atoms with E-state index in [9.17, 15) is 0 Å². The van der Waals surface area contributed by atoms with E-state index < -0.39 is 0 Å². The summed E-state index contributed by atoms with van der Waals surface area (Å²) in [5.74, 6) is 0. The molecule has 4 nitrogen and oxygen atoms in total. The Hall–Kier alpha value is -1.13. The fraction of sp³-hybridized carbons (Fsp3) is 0.583. The molecule has 0 amide bonds. The highest BCUT2D eigenvalue weighted by atomic mass is 16.5. The van der Waals surface area contributed by atoms with Crippen molar-refractivity contribution in [3.05, 3.63) is 24.0 Å². The molecule has 0 aromatic carbocycles. The highest BCUT2D eigenvalue weighted by molar-refractivity contribution is 5.47. The zero-order chi connectivity index (χ0) is 11.5. The molecule has 1 N–H and O–H groups in total. The van der Waals surface area contributed by atoms with Crippen LogP contribution in [0.4, 0.5) is 5.69 Å². The number of rotatable bonds is 2. The lowest BCUT2D eigenvalue weighted by molar-refractivity contribution is -0.0103. The molecule has 2 rings (SSSR count). The summed E-state index contributed by atoms with van der Waals surface area (Å²) >= 11 is 0. The van der Waals surface area contributed by atoms with Gasteiger partial charge < -0.3 is 14.7 Å². The molecule has 88 valence electrons. The molecule has 2 atom stereocenters. The average molecular weight is 222 g/mol. The maximum absolute atomic E-state index is 9.13. The van der Waals surface area contributed by atoms with Crippen molar-refractivity contribution in [3.8, 4) is 0 Å². The molecule has 1 saturated heterocycles. The van der Waals surface area contributed by atoms with E-state index in [0.29, 0.717) is 12.6 Å². The van der Waals surface area contributed by atoms with Gasteiger partial charge in [0.25, 0.3) is 0 Å². The van der Waals surface area contributed by atoms with E-state index in [1.807, 2.05) is 19.2 Å². The number of ether oxygens (including phenoxy) is 1. The van der Waals surface area contributed by atoms with Gasteiger partial charge in [-0.3, -0.25) is 4.98 Å². The third-order valence-corrected chi connectivity index (χ3v) is 2.92. The average Bonchev–Trinajstić information content (AvgIpc) is 2.30. The van der Waals surface area contributed by atoms with Gasteiger partial charge >= 0.3 is 0 Å². The van der Waals surface area contributed by atoms with Gasteiger partial charge in [0.1, 0.15) is 0 Å². The summed E-state index contributed by atoms with van der Waals surface area (Å²) in [5, 5.41) is 9.13. The van der Waals surface area contributed by atoms with E-state index in [-0.39, 0.29) is 12.7 Å². The smallest absolute Gasteiger partial charge is 0.0981 e. The fourth-order valence-electron chi connectivity index (χ4n) is 2.00. The minimum Gasteiger partial charge on any atom is -0.394 e. The van der Waals surface area contributed by atoms with Crippen LogP contribution in [0.3, 0.4) is 0 Å². The molecule has 0 radical (unpaired) electrons. The van der Waals surface area contributed by atoms with Crippen molar-refractivity contribution in [2.45, 2.75) is 26.0 Å². The predicted molar refractivity (Wildman–Crippen MR) is 62.6 cm³/mol. The van der Waals surface area contributed by atoms with Crippen LogP contribution in [0.5, 0.6) is 0 Å². The largest absolute Gasteiger partial charge is 0.394 e. The van der Waals surface area contributed by atoms with Crippen LogP contribution < -0.4 is 4.90 Å². The minimum absolute atomic E-state index is 0.0767. The molecule has 0 aliphatic carbocycles. The topological polar surface area (TPSA) is 45.6 Å². The molecule has 4 heteroatoms. The highest BCUT2D eigenvalue weighted by Gasteiger charge is 2.25. The Morgan fingerprint density at radius 1 is 1.62 bits per heavy atom. The van der Waals surface area contributed by atoms with E-state index >= 15 is 0 Å². The van der Waals surface area contributed by atoms with Crippen molar-refractivity contribution in [2.75, 3.05) is 24.7 Å². The molecule has 1 aliphatic rings. The van der Waals surface area contributed by atoms with Crippen molar-refractivity contribution in [1.29, 1.82) is 0 Å². The van der Waals surface area contributed by atoms with Crippen molar-refractivity contribution in [3.63, 3.8) is 0 Å². The Labute approximate surface area is 95.9 Å². The summed E-state index contributed by atoms with van der Waals surface area (Å²) in [6.45, 7) is 5.59. The molecule has 1 aromatic rings. The number of hydrogen-bond donors (Lipinski definition) is 1. The summed E-state index contributed by atoms with van der Waals surface area (Å²) in [6.07, 6.45) is 1.74. The normalized spacial score (nSPS) is 25.8. The number of aryl methyl sites for hydroxylation is 1. The van der Waals surface area contributed by atoms with E-state index in [1.54, 1.807) is 0 Å². The maximum atomic E-state index is 9.13. The molecule has 0 spiro atoms. The number of hydrogen-bond acceptors (Lipinski definition) is 4. The van der Waals surface area contributed by atoms with Crippen LogP contribution >= 0.6 is 0 Å². The number of pyridine rings is 1. The molecule has 1 aromatic heterocycles. The van der Waals surface area contributed by atoms with Crippen LogP contribution in [-0.4, -0.2) is 42.0 Å². The quantitative estimate of drug-likeness (QED) is 0.810. The number of aliphatic hydroxyl groups is 1. The van der Waals surface area contributed by atoms with Crippen LogP contribution in [0.25, 0.3) is 0 Å². The van der Waals surface area contributed by atoms with Crippen LogP contribution in [0, 0.1) is 6.92 Å². The summed E-state index contributed by atoms with van der Waals surface area (Å²) in [6, 6.07) is 4.41. The lowest BCUT2D eigenvalue weighted by atomic mass is 10.1. The van der Waals surface area contributed by atoms with Gasteiger partial charge in [0.2, 0.25) is 0 Å². The van der Waals surface area contributed by atoms with Crippen molar-refractivity contribution >= 4 is 5.69 Å². The summed E-state index contributed by atoms with van der Waals surface area (Å²) in [4.78, 5) is 6.45. The molecule has 0 saturated carbocycles. The van der Waals surface area contributed by atoms with E-state index in [0.717, 1.165) is 17.9 Å². The van der Waals surface area contributed by atoms with E-state index in [2.05, 4.69) is 22.9 Å². The van der Waals surface area contributed by atoms with Gasteiger partial charge in [-0.05, 0) is 26.0 Å². The first kappa shape index (κ1) is 11.4. The van der Waals surface area contributed by atoms with Gasteiger partial charge in [-0.25, -0.2) is 0 Å². The Morgan fingerprint density at radius 3 is 3.12 bits per heavy atom. The van der Waals surface area contributed by atoms with E-state index in [4.69, 9.17) is 9.84 Å². The molecule has 2 unspecified atom stereocenters. The first-order valence-corrected chi connectivity index (χ1v) is 5.62. The number of aliphatic hydroxyl groups excluding tert-OH is 1. The van der Waals surface area contributed by atoms with Crippen LogP contribution in [0.2, 0.25) is 0 Å². The van der Waals surface area contributed by atoms with Gasteiger partial charge in [0.05, 0.1) is 19.3 Å². The molecule has 2 heterocycles. The third-order valence-electron chi connectivity index (χ3n) is 2.92. The zero-order valence-corrected chi connectivity index (χ0v) is 9.76. The van der Waals surface area contributed by atoms with Gasteiger partial charge in [-0.15, -0.1) is 0 Å². The molecule has 1 aliphatic heterocycles. The highest BCUT2D eigenvalue weighted by Crippen LogP contribution is 2.21. The van der Waals surface area contributed by atoms with Gasteiger partial charge in [0.15, 0.2) is 0 Å². The Balaban J connectivity index is 2.17. The maximum Gasteiger partial charge on any atom is 0.0981 e. The van der Waals surface area contributed by atoms with Crippen molar-refractivity contribution in [2.24, 2.45) is 0 Å². The standard InChI is InChI=1S/C12H18N2O2/c1-9-5-11(3-4-13-9)14-6-12(7-15)16-8-10(14)2/h3-5,10,12,15H,6-8H2,1-2H3. The van der Waals surface area contributed by atoms with Gasteiger partial charge in [-0.2, -0.15) is 0 Å². The number of morpholine rings is 1. The monoisotopic (exact) mass is 222 g/mol. The lowest BCUT2D eigenvalue weighted by Crippen LogP contribution is -2.49. The zero-order valence-electron chi connectivity index (χ0n) is 9.76. The Bertz CT molecular complexity index is 357. The van der Waals surface area contributed by atoms with Gasteiger partial charge in [0, 0.05) is 30.2 Å². The van der Waals surface area contributed by atoms with Crippen LogP contribution in [0.15, 0.2) is 18.3 Å². The molecule has 1 fully saturated rings. The molecular weight excluding hydrogens is 204 g/mol. The number of nitrogens with zero attached hydrogens (tertiary/aromatic N) is 2. The van der Waals surface area contributed by atoms with Crippen LogP contribution in [-0.2, 0) is 4.74 Å². The molecular formula is C12H18N2O2. The first-order chi connectivity index (χ1) is 7.70. The van der Waals surface area contributed by atoms with Crippen molar-refractivity contribution < 1.29 is 9.84 Å². The fourth-order valence-corrected chi connectivity index (χ4v) is 2.00. The first-order valence-electron chi connectivity index (χ1n) is 5.62. The summed E-state index contributed by atoms with van der Waals surface area (Å²) in [7, 11) is 0. The number of aromatic nitrogens is 1.